The molecule has 0 unspecified atom stereocenters. The number of para-hydroxylation sites is 1. The van der Waals surface area contributed by atoms with Crippen LogP contribution in [-0.4, -0.2) is 12.1 Å². The largest absolute Gasteiger partial charge is 0.496 e. The van der Waals surface area contributed by atoms with Crippen molar-refractivity contribution >= 4 is 16.7 Å². The van der Waals surface area contributed by atoms with Gasteiger partial charge in [0.25, 0.3) is 0 Å². The van der Waals surface area contributed by atoms with Gasteiger partial charge in [0, 0.05) is 30.6 Å². The van der Waals surface area contributed by atoms with Gasteiger partial charge in [0.15, 0.2) is 0 Å². The van der Waals surface area contributed by atoms with E-state index in [1.165, 1.54) is 17.7 Å². The SMILES string of the molecule is COc1ccccc1CNc1ccc2cc(CNCc3ccc(F)cc3)ccc2n1. The minimum Gasteiger partial charge on any atom is -0.496 e. The van der Waals surface area contributed by atoms with Gasteiger partial charge < -0.3 is 15.4 Å². The first kappa shape index (κ1) is 19.9. The zero-order valence-corrected chi connectivity index (χ0v) is 16.9. The summed E-state index contributed by atoms with van der Waals surface area (Å²) in [4.78, 5) is 4.72. The molecule has 5 heteroatoms. The lowest BCUT2D eigenvalue weighted by Crippen LogP contribution is -2.12. The molecule has 0 atom stereocenters. The quantitative estimate of drug-likeness (QED) is 0.421. The van der Waals surface area contributed by atoms with E-state index in [0.717, 1.165) is 40.1 Å². The minimum absolute atomic E-state index is 0.211. The van der Waals surface area contributed by atoms with Crippen LogP contribution >= 0.6 is 0 Å². The fraction of sp³-hybridized carbons (Fsp3) is 0.160. The highest BCUT2D eigenvalue weighted by Gasteiger charge is 2.04. The zero-order valence-electron chi connectivity index (χ0n) is 16.9. The Hall–Kier alpha value is -3.44. The van der Waals surface area contributed by atoms with Gasteiger partial charge in [-0.25, -0.2) is 9.37 Å². The van der Waals surface area contributed by atoms with E-state index in [1.807, 2.05) is 36.4 Å². The molecule has 152 valence electrons. The van der Waals surface area contributed by atoms with Gasteiger partial charge in [-0.1, -0.05) is 36.4 Å². The molecule has 0 bridgehead atoms. The molecule has 0 fully saturated rings. The molecule has 2 N–H and O–H groups in total. The first-order valence-electron chi connectivity index (χ1n) is 9.92. The first-order chi connectivity index (χ1) is 14.7. The molecule has 0 aliphatic rings. The molecule has 4 nitrogen and oxygen atoms in total. The predicted molar refractivity (Wildman–Crippen MR) is 119 cm³/mol. The lowest BCUT2D eigenvalue weighted by Gasteiger charge is -2.11. The Labute approximate surface area is 175 Å². The minimum atomic E-state index is -0.211. The summed E-state index contributed by atoms with van der Waals surface area (Å²) < 4.78 is 18.4. The van der Waals surface area contributed by atoms with E-state index in [9.17, 15) is 4.39 Å². The Morgan fingerprint density at radius 2 is 1.60 bits per heavy atom. The lowest BCUT2D eigenvalue weighted by molar-refractivity contribution is 0.410. The second-order valence-electron chi connectivity index (χ2n) is 7.12. The molecular weight excluding hydrogens is 377 g/mol. The summed E-state index contributed by atoms with van der Waals surface area (Å²) in [5.41, 5.74) is 4.28. The van der Waals surface area contributed by atoms with Crippen LogP contribution in [0.2, 0.25) is 0 Å². The Balaban J connectivity index is 1.37. The average molecular weight is 401 g/mol. The van der Waals surface area contributed by atoms with E-state index >= 15 is 0 Å². The molecule has 0 spiro atoms. The number of pyridine rings is 1. The van der Waals surface area contributed by atoms with Crippen LogP contribution in [0.5, 0.6) is 5.75 Å². The number of nitrogens with one attached hydrogen (secondary N) is 2. The van der Waals surface area contributed by atoms with Crippen molar-refractivity contribution in [2.75, 3.05) is 12.4 Å². The average Bonchev–Trinajstić information content (AvgIpc) is 2.79. The monoisotopic (exact) mass is 401 g/mol. The predicted octanol–water partition coefficient (Wildman–Crippen LogP) is 5.28. The van der Waals surface area contributed by atoms with Crippen LogP contribution in [-0.2, 0) is 19.6 Å². The third-order valence-corrected chi connectivity index (χ3v) is 4.98. The molecule has 4 aromatic rings. The van der Waals surface area contributed by atoms with Crippen molar-refractivity contribution < 1.29 is 9.13 Å². The molecule has 1 aromatic heterocycles. The topological polar surface area (TPSA) is 46.2 Å². The summed E-state index contributed by atoms with van der Waals surface area (Å²) in [7, 11) is 1.68. The number of halogens is 1. The maximum atomic E-state index is 13.0. The van der Waals surface area contributed by atoms with E-state index in [1.54, 1.807) is 19.2 Å². The molecular formula is C25H24FN3O. The fourth-order valence-corrected chi connectivity index (χ4v) is 3.37. The number of fused-ring (bicyclic) bond motifs is 1. The number of hydrogen-bond donors (Lipinski definition) is 2. The molecule has 1 heterocycles. The van der Waals surface area contributed by atoms with E-state index in [-0.39, 0.29) is 5.82 Å². The molecule has 0 aliphatic heterocycles. The number of methoxy groups -OCH3 is 1. The van der Waals surface area contributed by atoms with Gasteiger partial charge in [-0.05, 0) is 53.6 Å². The Morgan fingerprint density at radius 1 is 0.833 bits per heavy atom. The van der Waals surface area contributed by atoms with Gasteiger partial charge in [0.1, 0.15) is 17.4 Å². The summed E-state index contributed by atoms with van der Waals surface area (Å²) in [6, 6.07) is 24.9. The smallest absolute Gasteiger partial charge is 0.126 e. The van der Waals surface area contributed by atoms with Crippen LogP contribution in [0.25, 0.3) is 10.9 Å². The second kappa shape index (κ2) is 9.37. The molecule has 4 rings (SSSR count). The lowest BCUT2D eigenvalue weighted by atomic mass is 10.1. The Kier molecular flexibility index (Phi) is 6.20. The molecule has 0 radical (unpaired) electrons. The number of aromatic nitrogens is 1. The van der Waals surface area contributed by atoms with Gasteiger partial charge in [-0.15, -0.1) is 0 Å². The van der Waals surface area contributed by atoms with Crippen LogP contribution in [0.1, 0.15) is 16.7 Å². The molecule has 0 amide bonds. The van der Waals surface area contributed by atoms with E-state index in [2.05, 4.69) is 28.8 Å². The van der Waals surface area contributed by atoms with Crippen LogP contribution in [0.4, 0.5) is 10.2 Å². The van der Waals surface area contributed by atoms with Gasteiger partial charge in [0.05, 0.1) is 12.6 Å². The fourth-order valence-electron chi connectivity index (χ4n) is 3.37. The van der Waals surface area contributed by atoms with Gasteiger partial charge in [-0.2, -0.15) is 0 Å². The number of ether oxygens (including phenoxy) is 1. The number of rotatable bonds is 8. The summed E-state index contributed by atoms with van der Waals surface area (Å²) in [6.07, 6.45) is 0. The number of benzene rings is 3. The highest BCUT2D eigenvalue weighted by molar-refractivity contribution is 5.81. The van der Waals surface area contributed by atoms with Crippen LogP contribution < -0.4 is 15.4 Å². The highest BCUT2D eigenvalue weighted by atomic mass is 19.1. The van der Waals surface area contributed by atoms with Gasteiger partial charge in [-0.3, -0.25) is 0 Å². The van der Waals surface area contributed by atoms with Crippen LogP contribution in [0.3, 0.4) is 0 Å². The van der Waals surface area contributed by atoms with Crippen LogP contribution in [0.15, 0.2) is 78.9 Å². The zero-order chi connectivity index (χ0) is 20.8. The van der Waals surface area contributed by atoms with Crippen molar-refractivity contribution in [2.45, 2.75) is 19.6 Å². The third kappa shape index (κ3) is 4.93. The number of anilines is 1. The Bertz CT molecular complexity index is 1130. The number of hydrogen-bond acceptors (Lipinski definition) is 4. The van der Waals surface area contributed by atoms with Crippen molar-refractivity contribution in [2.24, 2.45) is 0 Å². The van der Waals surface area contributed by atoms with Crippen molar-refractivity contribution in [1.82, 2.24) is 10.3 Å². The third-order valence-electron chi connectivity index (χ3n) is 4.98. The molecule has 0 saturated carbocycles. The Morgan fingerprint density at radius 3 is 2.43 bits per heavy atom. The molecule has 3 aromatic carbocycles. The van der Waals surface area contributed by atoms with E-state index < -0.39 is 0 Å². The van der Waals surface area contributed by atoms with Gasteiger partial charge in [0.2, 0.25) is 0 Å². The highest BCUT2D eigenvalue weighted by Crippen LogP contribution is 2.21. The second-order valence-corrected chi connectivity index (χ2v) is 7.12. The normalized spacial score (nSPS) is 10.9. The molecule has 0 saturated heterocycles. The molecule has 30 heavy (non-hydrogen) atoms. The first-order valence-corrected chi connectivity index (χ1v) is 9.92. The standard InChI is InChI=1S/C25H24FN3O/c1-30-24-5-3-2-4-21(24)17-28-25-13-9-20-14-19(8-12-23(20)29-25)16-27-15-18-6-10-22(26)11-7-18/h2-14,27H,15-17H2,1H3,(H,28,29). The molecule has 0 aliphatic carbocycles. The van der Waals surface area contributed by atoms with Crippen LogP contribution in [0, 0.1) is 5.82 Å². The maximum Gasteiger partial charge on any atom is 0.126 e. The summed E-state index contributed by atoms with van der Waals surface area (Å²) >= 11 is 0. The van der Waals surface area contributed by atoms with E-state index in [0.29, 0.717) is 13.1 Å². The summed E-state index contributed by atoms with van der Waals surface area (Å²) in [6.45, 7) is 2.08. The van der Waals surface area contributed by atoms with Crippen molar-refractivity contribution in [3.8, 4) is 5.75 Å². The van der Waals surface area contributed by atoms with Gasteiger partial charge >= 0.3 is 0 Å². The number of nitrogens with zero attached hydrogens (tertiary/aromatic N) is 1. The maximum absolute atomic E-state index is 13.0. The van der Waals surface area contributed by atoms with Crippen molar-refractivity contribution in [3.63, 3.8) is 0 Å². The van der Waals surface area contributed by atoms with Crippen molar-refractivity contribution in [1.29, 1.82) is 0 Å². The summed E-state index contributed by atoms with van der Waals surface area (Å²) in [5, 5.41) is 7.86. The summed E-state index contributed by atoms with van der Waals surface area (Å²) in [5.74, 6) is 1.48. The van der Waals surface area contributed by atoms with E-state index in [4.69, 9.17) is 9.72 Å². The van der Waals surface area contributed by atoms with Crippen molar-refractivity contribution in [3.05, 3.63) is 101 Å².